The highest BCUT2D eigenvalue weighted by molar-refractivity contribution is 5.71. The molecule has 1 amide bonds. The molecule has 0 aromatic carbocycles. The predicted octanol–water partition coefficient (Wildman–Crippen LogP) is -0.690. The molecule has 4 atom stereocenters. The molecule has 0 radical (unpaired) electrons. The summed E-state index contributed by atoms with van der Waals surface area (Å²) in [6.45, 7) is 5.04. The molecule has 1 saturated heterocycles. The number of nitrogens with one attached hydrogen (secondary N) is 2. The van der Waals surface area contributed by atoms with Gasteiger partial charge in [-0.3, -0.25) is 24.0 Å². The number of methoxy groups -OCH3 is 1. The van der Waals surface area contributed by atoms with Gasteiger partial charge in [-0.05, 0) is 13.8 Å². The minimum absolute atomic E-state index is 0.00539. The molecule has 2 N–H and O–H groups in total. The van der Waals surface area contributed by atoms with Crippen molar-refractivity contribution >= 4 is 5.91 Å². The zero-order chi connectivity index (χ0) is 18.6. The monoisotopic (exact) mass is 357 g/mol. The van der Waals surface area contributed by atoms with Gasteiger partial charge < -0.3 is 14.2 Å². The van der Waals surface area contributed by atoms with E-state index in [2.05, 4.69) is 10.5 Å². The molecule has 2 rings (SSSR count). The van der Waals surface area contributed by atoms with Gasteiger partial charge in [0.05, 0.1) is 6.10 Å². The Balaban J connectivity index is 2.26. The Morgan fingerprint density at radius 1 is 1.40 bits per heavy atom. The molecule has 0 spiro atoms. The lowest BCUT2D eigenvalue weighted by atomic mass is 10.1. The Labute approximate surface area is 144 Å². The lowest BCUT2D eigenvalue weighted by Gasteiger charge is -2.25. The molecular weight excluding hydrogens is 334 g/mol. The number of hydrogen-bond acceptors (Lipinski definition) is 7. The van der Waals surface area contributed by atoms with E-state index in [9.17, 15) is 14.4 Å². The number of hydroxylamine groups is 1. The maximum absolute atomic E-state index is 12.1. The van der Waals surface area contributed by atoms with Gasteiger partial charge >= 0.3 is 5.69 Å². The molecular formula is C15H23N3O7. The van der Waals surface area contributed by atoms with Crippen LogP contribution in [-0.4, -0.2) is 53.6 Å². The van der Waals surface area contributed by atoms with E-state index in [1.807, 2.05) is 13.8 Å². The molecule has 1 fully saturated rings. The van der Waals surface area contributed by atoms with E-state index < -0.39 is 35.8 Å². The topological polar surface area (TPSA) is 121 Å². The third kappa shape index (κ3) is 4.75. The van der Waals surface area contributed by atoms with Gasteiger partial charge in [0.25, 0.3) is 5.56 Å². The number of aromatic nitrogens is 2. The van der Waals surface area contributed by atoms with Crippen molar-refractivity contribution < 1.29 is 23.8 Å². The van der Waals surface area contributed by atoms with Crippen LogP contribution in [0.2, 0.25) is 0 Å². The fraction of sp³-hybridized carbons (Fsp3) is 0.667. The van der Waals surface area contributed by atoms with Crippen LogP contribution in [0.4, 0.5) is 0 Å². The zero-order valence-electron chi connectivity index (χ0n) is 14.6. The lowest BCUT2D eigenvalue weighted by molar-refractivity contribution is -0.140. The molecule has 0 bridgehead atoms. The van der Waals surface area contributed by atoms with E-state index in [1.54, 1.807) is 0 Å². The van der Waals surface area contributed by atoms with E-state index in [-0.39, 0.29) is 18.6 Å². The van der Waals surface area contributed by atoms with Gasteiger partial charge in [0, 0.05) is 26.3 Å². The smallest absolute Gasteiger partial charge is 0.330 e. The summed E-state index contributed by atoms with van der Waals surface area (Å²) in [7, 11) is 1.48. The van der Waals surface area contributed by atoms with E-state index in [0.29, 0.717) is 0 Å². The molecule has 1 aliphatic heterocycles. The second-order valence-electron chi connectivity index (χ2n) is 5.90. The number of H-pyrrole nitrogens is 1. The summed E-state index contributed by atoms with van der Waals surface area (Å²) < 4.78 is 18.5. The highest BCUT2D eigenvalue weighted by atomic mass is 16.7. The fourth-order valence-corrected chi connectivity index (χ4v) is 2.65. The summed E-state index contributed by atoms with van der Waals surface area (Å²) in [6, 6.07) is 1.22. The van der Waals surface area contributed by atoms with E-state index in [1.165, 1.54) is 30.9 Å². The number of amides is 1. The first-order valence-corrected chi connectivity index (χ1v) is 7.87. The van der Waals surface area contributed by atoms with Crippen molar-refractivity contribution in [3.05, 3.63) is 33.1 Å². The summed E-state index contributed by atoms with van der Waals surface area (Å²) in [5, 5.41) is 0. The lowest BCUT2D eigenvalue weighted by Crippen LogP contribution is -2.42. The minimum Gasteiger partial charge on any atom is -0.374 e. The minimum atomic E-state index is -0.816. The fourth-order valence-electron chi connectivity index (χ4n) is 2.65. The Kier molecular flexibility index (Phi) is 6.48. The average molecular weight is 357 g/mol. The van der Waals surface area contributed by atoms with Gasteiger partial charge in [-0.15, -0.1) is 0 Å². The second-order valence-corrected chi connectivity index (χ2v) is 5.90. The Morgan fingerprint density at radius 2 is 2.12 bits per heavy atom. The van der Waals surface area contributed by atoms with Crippen molar-refractivity contribution in [3.8, 4) is 0 Å². The van der Waals surface area contributed by atoms with Crippen molar-refractivity contribution in [1.29, 1.82) is 0 Å². The molecule has 25 heavy (non-hydrogen) atoms. The second kappa shape index (κ2) is 8.39. The molecule has 0 aliphatic carbocycles. The van der Waals surface area contributed by atoms with Gasteiger partial charge in [-0.1, -0.05) is 0 Å². The SMILES string of the molecule is CO[C@@H]1[C@H](OC(C)C)[C@@H](CONC(C)=O)O[C@H]1n1ccc(=O)[nH]c1=O. The normalized spacial score (nSPS) is 26.1. The largest absolute Gasteiger partial charge is 0.374 e. The number of ether oxygens (including phenoxy) is 3. The molecule has 10 heteroatoms. The van der Waals surface area contributed by atoms with Crippen LogP contribution < -0.4 is 16.7 Å². The maximum atomic E-state index is 12.1. The number of hydrogen-bond donors (Lipinski definition) is 2. The number of carbonyl (C=O) groups is 1. The van der Waals surface area contributed by atoms with E-state index >= 15 is 0 Å². The molecule has 0 saturated carbocycles. The summed E-state index contributed by atoms with van der Waals surface area (Å²) in [4.78, 5) is 41.6. The Morgan fingerprint density at radius 3 is 2.68 bits per heavy atom. The average Bonchev–Trinajstić information content (AvgIpc) is 2.84. The van der Waals surface area contributed by atoms with Crippen LogP contribution in [0.1, 0.15) is 27.0 Å². The van der Waals surface area contributed by atoms with Crippen molar-refractivity contribution in [2.75, 3.05) is 13.7 Å². The molecule has 0 unspecified atom stereocenters. The molecule has 1 aromatic heterocycles. The Bertz CT molecular complexity index is 699. The van der Waals surface area contributed by atoms with Crippen LogP contribution in [0.5, 0.6) is 0 Å². The van der Waals surface area contributed by atoms with Crippen LogP contribution in [0, 0.1) is 0 Å². The van der Waals surface area contributed by atoms with Crippen LogP contribution in [0.3, 0.4) is 0 Å². The van der Waals surface area contributed by atoms with E-state index in [4.69, 9.17) is 19.0 Å². The van der Waals surface area contributed by atoms with Gasteiger partial charge in [-0.25, -0.2) is 10.3 Å². The first-order chi connectivity index (χ1) is 11.8. The first-order valence-electron chi connectivity index (χ1n) is 7.87. The number of nitrogens with zero attached hydrogens (tertiary/aromatic N) is 1. The first kappa shape index (κ1) is 19.3. The summed E-state index contributed by atoms with van der Waals surface area (Å²) >= 11 is 0. The number of aromatic amines is 1. The van der Waals surface area contributed by atoms with Crippen molar-refractivity contribution in [3.63, 3.8) is 0 Å². The van der Waals surface area contributed by atoms with Crippen LogP contribution in [0.25, 0.3) is 0 Å². The van der Waals surface area contributed by atoms with Gasteiger partial charge in [0.15, 0.2) is 6.23 Å². The highest BCUT2D eigenvalue weighted by Crippen LogP contribution is 2.33. The molecule has 2 heterocycles. The van der Waals surface area contributed by atoms with E-state index in [0.717, 1.165) is 0 Å². The molecule has 10 nitrogen and oxygen atoms in total. The van der Waals surface area contributed by atoms with Gasteiger partial charge in [-0.2, -0.15) is 0 Å². The summed E-state index contributed by atoms with van der Waals surface area (Å²) in [6.07, 6.45) is -1.35. The van der Waals surface area contributed by atoms with Crippen molar-refractivity contribution in [2.45, 2.75) is 51.4 Å². The molecule has 140 valence electrons. The summed E-state index contributed by atoms with van der Waals surface area (Å²) in [5.41, 5.74) is 1.10. The highest BCUT2D eigenvalue weighted by Gasteiger charge is 2.47. The third-order valence-corrected chi connectivity index (χ3v) is 3.58. The quantitative estimate of drug-likeness (QED) is 0.620. The molecule has 1 aliphatic rings. The number of rotatable bonds is 7. The van der Waals surface area contributed by atoms with Crippen LogP contribution in [-0.2, 0) is 23.8 Å². The van der Waals surface area contributed by atoms with Gasteiger partial charge in [0.1, 0.15) is 24.9 Å². The predicted molar refractivity (Wildman–Crippen MR) is 85.8 cm³/mol. The maximum Gasteiger partial charge on any atom is 0.330 e. The van der Waals surface area contributed by atoms with Gasteiger partial charge in [0.2, 0.25) is 5.91 Å². The molecule has 1 aromatic rings. The summed E-state index contributed by atoms with van der Waals surface area (Å²) in [5.74, 6) is -0.351. The number of carbonyl (C=O) groups excluding carboxylic acids is 1. The zero-order valence-corrected chi connectivity index (χ0v) is 14.6. The standard InChI is InChI=1S/C15H23N3O7/c1-8(2)24-12-10(7-23-17-9(3)19)25-14(13(12)22-4)18-6-5-11(20)16-15(18)21/h5-6,8,10,12-14H,7H2,1-4H3,(H,17,19)(H,16,20,21)/t10-,12-,13-,14-/m1/s1. The van der Waals surface area contributed by atoms with Crippen LogP contribution in [0.15, 0.2) is 21.9 Å². The van der Waals surface area contributed by atoms with Crippen molar-refractivity contribution in [1.82, 2.24) is 15.0 Å². The van der Waals surface area contributed by atoms with Crippen molar-refractivity contribution in [2.24, 2.45) is 0 Å². The third-order valence-electron chi connectivity index (χ3n) is 3.58. The van der Waals surface area contributed by atoms with Crippen LogP contribution >= 0.6 is 0 Å². The Hall–Kier alpha value is -2.01.